The number of benzene rings is 1. The predicted molar refractivity (Wildman–Crippen MR) is 80.7 cm³/mol. The van der Waals surface area contributed by atoms with E-state index in [1.807, 2.05) is 25.1 Å². The monoisotopic (exact) mass is 275 g/mol. The molecule has 1 aromatic carbocycles. The Hall–Kier alpha value is -1.19. The van der Waals surface area contributed by atoms with Crippen molar-refractivity contribution in [2.24, 2.45) is 0 Å². The topological polar surface area (TPSA) is 22.1 Å². The molecule has 1 unspecified atom stereocenters. The molecule has 102 valence electrons. The Bertz CT molecular complexity index is 513. The van der Waals surface area contributed by atoms with Crippen molar-refractivity contribution in [3.05, 3.63) is 52.0 Å². The molecular formula is C16H21NOS. The van der Waals surface area contributed by atoms with Crippen LogP contribution in [-0.4, -0.2) is 11.6 Å². The molecule has 0 amide bonds. The first kappa shape index (κ1) is 14.2. The maximum atomic E-state index is 5.89. The van der Waals surface area contributed by atoms with E-state index in [4.69, 9.17) is 9.72 Å². The van der Waals surface area contributed by atoms with Crippen LogP contribution in [0.3, 0.4) is 0 Å². The van der Waals surface area contributed by atoms with Crippen molar-refractivity contribution in [1.29, 1.82) is 0 Å². The van der Waals surface area contributed by atoms with Crippen molar-refractivity contribution in [2.75, 3.05) is 6.61 Å². The molecule has 0 fully saturated rings. The summed E-state index contributed by atoms with van der Waals surface area (Å²) in [5.41, 5.74) is 2.38. The summed E-state index contributed by atoms with van der Waals surface area (Å²) in [4.78, 5) is 4.77. The van der Waals surface area contributed by atoms with E-state index in [0.717, 1.165) is 10.7 Å². The fourth-order valence-corrected chi connectivity index (χ4v) is 2.97. The molecule has 3 heteroatoms. The summed E-state index contributed by atoms with van der Waals surface area (Å²) in [6.45, 7) is 9.26. The van der Waals surface area contributed by atoms with Crippen LogP contribution in [-0.2, 0) is 10.2 Å². The molecule has 2 aromatic rings. The first-order valence-electron chi connectivity index (χ1n) is 6.65. The molecule has 19 heavy (non-hydrogen) atoms. The molecule has 0 aliphatic rings. The molecule has 2 nitrogen and oxygen atoms in total. The zero-order valence-corrected chi connectivity index (χ0v) is 12.8. The van der Waals surface area contributed by atoms with Crippen molar-refractivity contribution >= 4 is 11.3 Å². The van der Waals surface area contributed by atoms with Gasteiger partial charge in [-0.25, -0.2) is 4.98 Å². The Labute approximate surface area is 119 Å². The molecule has 0 aliphatic carbocycles. The fraction of sp³-hybridized carbons (Fsp3) is 0.438. The van der Waals surface area contributed by atoms with Gasteiger partial charge in [0.1, 0.15) is 11.1 Å². The Kier molecular flexibility index (Phi) is 4.38. The number of hydrogen-bond acceptors (Lipinski definition) is 3. The van der Waals surface area contributed by atoms with Crippen LogP contribution in [0, 0.1) is 0 Å². The fourth-order valence-electron chi connectivity index (χ4n) is 1.86. The zero-order valence-electron chi connectivity index (χ0n) is 12.0. The Morgan fingerprint density at radius 1 is 1.21 bits per heavy atom. The van der Waals surface area contributed by atoms with E-state index in [1.165, 1.54) is 5.56 Å². The van der Waals surface area contributed by atoms with Crippen LogP contribution in [0.1, 0.15) is 50.1 Å². The van der Waals surface area contributed by atoms with Crippen LogP contribution in [0.2, 0.25) is 0 Å². The summed E-state index contributed by atoms with van der Waals surface area (Å²) in [6, 6.07) is 10.3. The smallest absolute Gasteiger partial charge is 0.134 e. The normalized spacial score (nSPS) is 13.5. The number of ether oxygens (including phenoxy) is 1. The predicted octanol–water partition coefficient (Wildman–Crippen LogP) is 4.57. The highest BCUT2D eigenvalue weighted by atomic mass is 32.1. The van der Waals surface area contributed by atoms with Crippen LogP contribution in [0.15, 0.2) is 35.7 Å². The Balaban J connectivity index is 2.32. The van der Waals surface area contributed by atoms with Crippen molar-refractivity contribution < 1.29 is 4.74 Å². The summed E-state index contributed by atoms with van der Waals surface area (Å²) in [7, 11) is 0. The van der Waals surface area contributed by atoms with Crippen LogP contribution in [0.5, 0.6) is 0 Å². The minimum absolute atomic E-state index is 0.0488. The Morgan fingerprint density at radius 2 is 1.89 bits per heavy atom. The first-order chi connectivity index (χ1) is 9.02. The number of nitrogens with zero attached hydrogens (tertiary/aromatic N) is 1. The van der Waals surface area contributed by atoms with Crippen LogP contribution in [0.25, 0.3) is 0 Å². The van der Waals surface area contributed by atoms with Crippen molar-refractivity contribution in [1.82, 2.24) is 4.98 Å². The largest absolute Gasteiger partial charge is 0.367 e. The van der Waals surface area contributed by atoms with Crippen LogP contribution in [0.4, 0.5) is 0 Å². The lowest BCUT2D eigenvalue weighted by Crippen LogP contribution is -2.12. The minimum Gasteiger partial charge on any atom is -0.367 e. The van der Waals surface area contributed by atoms with Gasteiger partial charge in [-0.2, -0.15) is 0 Å². The molecule has 1 atom stereocenters. The molecule has 0 N–H and O–H groups in total. The lowest BCUT2D eigenvalue weighted by Gasteiger charge is -2.17. The molecule has 0 spiro atoms. The van der Waals surface area contributed by atoms with Gasteiger partial charge in [0.25, 0.3) is 0 Å². The first-order valence-corrected chi connectivity index (χ1v) is 7.52. The second-order valence-corrected chi connectivity index (χ2v) is 6.46. The third-order valence-corrected chi connectivity index (χ3v) is 3.84. The maximum Gasteiger partial charge on any atom is 0.134 e. The molecule has 0 aliphatic heterocycles. The standard InChI is InChI=1S/C16H21NOS/c1-5-18-14(12-9-7-6-8-10-12)15-17-13(11-19-15)16(2,3)4/h6-11,14H,5H2,1-4H3. The molecule has 1 heterocycles. The van der Waals surface area contributed by atoms with Gasteiger partial charge in [0, 0.05) is 17.4 Å². The van der Waals surface area contributed by atoms with Gasteiger partial charge in [0.15, 0.2) is 0 Å². The van der Waals surface area contributed by atoms with E-state index in [9.17, 15) is 0 Å². The van der Waals surface area contributed by atoms with E-state index in [1.54, 1.807) is 11.3 Å². The van der Waals surface area contributed by atoms with Gasteiger partial charge in [-0.3, -0.25) is 0 Å². The van der Waals surface area contributed by atoms with Crippen molar-refractivity contribution in [3.8, 4) is 0 Å². The molecule has 1 aromatic heterocycles. The number of rotatable bonds is 4. The highest BCUT2D eigenvalue weighted by Gasteiger charge is 2.22. The Morgan fingerprint density at radius 3 is 2.42 bits per heavy atom. The quantitative estimate of drug-likeness (QED) is 0.815. The lowest BCUT2D eigenvalue weighted by atomic mass is 9.93. The SMILES string of the molecule is CCOC(c1ccccc1)c1nc(C(C)(C)C)cs1. The van der Waals surface area contributed by atoms with Crippen molar-refractivity contribution in [2.45, 2.75) is 39.2 Å². The van der Waals surface area contributed by atoms with Gasteiger partial charge in [-0.05, 0) is 12.5 Å². The van der Waals surface area contributed by atoms with E-state index in [0.29, 0.717) is 6.61 Å². The summed E-state index contributed by atoms with van der Waals surface area (Å²) in [6.07, 6.45) is -0.0488. The summed E-state index contributed by atoms with van der Waals surface area (Å²) in [5, 5.41) is 3.18. The second kappa shape index (κ2) is 5.85. The highest BCUT2D eigenvalue weighted by molar-refractivity contribution is 7.09. The highest BCUT2D eigenvalue weighted by Crippen LogP contribution is 2.31. The zero-order chi connectivity index (χ0) is 13.9. The van der Waals surface area contributed by atoms with Gasteiger partial charge in [-0.1, -0.05) is 51.1 Å². The van der Waals surface area contributed by atoms with Crippen LogP contribution < -0.4 is 0 Å². The van der Waals surface area contributed by atoms with Crippen LogP contribution >= 0.6 is 11.3 Å². The molecule has 0 saturated heterocycles. The summed E-state index contributed by atoms with van der Waals surface area (Å²) >= 11 is 1.68. The molecule has 0 saturated carbocycles. The third kappa shape index (κ3) is 3.43. The average molecular weight is 275 g/mol. The number of aromatic nitrogens is 1. The second-order valence-electron chi connectivity index (χ2n) is 5.57. The van der Waals surface area contributed by atoms with Gasteiger partial charge < -0.3 is 4.74 Å². The molecule has 2 rings (SSSR count). The van der Waals surface area contributed by atoms with E-state index >= 15 is 0 Å². The van der Waals surface area contributed by atoms with E-state index in [2.05, 4.69) is 38.3 Å². The molecule has 0 bridgehead atoms. The maximum absolute atomic E-state index is 5.89. The average Bonchev–Trinajstić information content (AvgIpc) is 2.86. The van der Waals surface area contributed by atoms with Gasteiger partial charge in [0.2, 0.25) is 0 Å². The van der Waals surface area contributed by atoms with E-state index < -0.39 is 0 Å². The van der Waals surface area contributed by atoms with Crippen molar-refractivity contribution in [3.63, 3.8) is 0 Å². The lowest BCUT2D eigenvalue weighted by molar-refractivity contribution is 0.0909. The number of thiazole rings is 1. The van der Waals surface area contributed by atoms with Gasteiger partial charge in [0.05, 0.1) is 5.69 Å². The van der Waals surface area contributed by atoms with E-state index in [-0.39, 0.29) is 11.5 Å². The minimum atomic E-state index is -0.0488. The molecule has 0 radical (unpaired) electrons. The third-order valence-electron chi connectivity index (χ3n) is 2.95. The number of hydrogen-bond donors (Lipinski definition) is 0. The summed E-state index contributed by atoms with van der Waals surface area (Å²) in [5.74, 6) is 0. The van der Waals surface area contributed by atoms with Gasteiger partial charge in [-0.15, -0.1) is 11.3 Å². The summed E-state index contributed by atoms with van der Waals surface area (Å²) < 4.78 is 5.89. The van der Waals surface area contributed by atoms with Gasteiger partial charge >= 0.3 is 0 Å². The molecular weight excluding hydrogens is 254 g/mol.